The van der Waals surface area contributed by atoms with E-state index in [2.05, 4.69) is 5.32 Å². The van der Waals surface area contributed by atoms with Gasteiger partial charge in [0.1, 0.15) is 0 Å². The molecule has 1 nitrogen and oxygen atoms in total. The van der Waals surface area contributed by atoms with Gasteiger partial charge in [-0.2, -0.15) is 8.78 Å². The molecule has 0 radical (unpaired) electrons. The van der Waals surface area contributed by atoms with E-state index < -0.39 is 5.92 Å². The lowest BCUT2D eigenvalue weighted by Gasteiger charge is -2.20. The summed E-state index contributed by atoms with van der Waals surface area (Å²) >= 11 is 0. The van der Waals surface area contributed by atoms with Gasteiger partial charge in [-0.15, -0.1) is 0 Å². The van der Waals surface area contributed by atoms with Crippen molar-refractivity contribution < 1.29 is 8.78 Å². The van der Waals surface area contributed by atoms with Crippen molar-refractivity contribution in [1.29, 1.82) is 0 Å². The Labute approximate surface area is 94.9 Å². The summed E-state index contributed by atoms with van der Waals surface area (Å²) < 4.78 is 27.5. The minimum Gasteiger partial charge on any atom is -0.308 e. The normalized spacial score (nSPS) is 17.9. The van der Waals surface area contributed by atoms with Crippen LogP contribution in [0.25, 0.3) is 0 Å². The SMILES string of the molecule is FC(F)(CNC1CCCC1)c1ccccc1. The highest BCUT2D eigenvalue weighted by Crippen LogP contribution is 2.27. The van der Waals surface area contributed by atoms with Crippen molar-refractivity contribution in [3.05, 3.63) is 35.9 Å². The quantitative estimate of drug-likeness (QED) is 0.829. The molecule has 1 aliphatic carbocycles. The van der Waals surface area contributed by atoms with Gasteiger partial charge in [0.25, 0.3) is 5.92 Å². The number of hydrogen-bond acceptors (Lipinski definition) is 1. The molecule has 1 N–H and O–H groups in total. The first-order valence-electron chi connectivity index (χ1n) is 5.85. The second kappa shape index (κ2) is 4.91. The highest BCUT2D eigenvalue weighted by Gasteiger charge is 2.32. The van der Waals surface area contributed by atoms with Crippen LogP contribution in [0, 0.1) is 0 Å². The van der Waals surface area contributed by atoms with E-state index in [1.54, 1.807) is 18.2 Å². The minimum absolute atomic E-state index is 0.0977. The Morgan fingerprint density at radius 2 is 1.75 bits per heavy atom. The first-order valence-corrected chi connectivity index (χ1v) is 5.85. The van der Waals surface area contributed by atoms with E-state index in [1.807, 2.05) is 0 Å². The lowest BCUT2D eigenvalue weighted by atomic mass is 10.1. The number of halogens is 2. The molecular weight excluding hydrogens is 208 g/mol. The van der Waals surface area contributed by atoms with Crippen LogP contribution in [0.4, 0.5) is 8.78 Å². The standard InChI is InChI=1S/C13H17F2N/c14-13(15,11-6-2-1-3-7-11)10-16-12-8-4-5-9-12/h1-3,6-7,12,16H,4-5,8-10H2. The molecule has 1 saturated carbocycles. The largest absolute Gasteiger partial charge is 0.308 e. The van der Waals surface area contributed by atoms with Crippen LogP contribution in [0.2, 0.25) is 0 Å². The summed E-state index contributed by atoms with van der Waals surface area (Å²) in [6, 6.07) is 8.31. The molecule has 2 rings (SSSR count). The number of benzene rings is 1. The second-order valence-corrected chi connectivity index (χ2v) is 4.43. The molecule has 0 amide bonds. The summed E-state index contributed by atoms with van der Waals surface area (Å²) in [6.45, 7) is -0.248. The van der Waals surface area contributed by atoms with Crippen LogP contribution in [-0.2, 0) is 5.92 Å². The third kappa shape index (κ3) is 2.79. The van der Waals surface area contributed by atoms with E-state index in [0.29, 0.717) is 0 Å². The third-order valence-corrected chi connectivity index (χ3v) is 3.16. The molecule has 1 fully saturated rings. The van der Waals surface area contributed by atoms with Crippen molar-refractivity contribution in [3.8, 4) is 0 Å². The van der Waals surface area contributed by atoms with Crippen LogP contribution in [0.15, 0.2) is 30.3 Å². The van der Waals surface area contributed by atoms with E-state index in [-0.39, 0.29) is 18.2 Å². The van der Waals surface area contributed by atoms with Gasteiger partial charge >= 0.3 is 0 Å². The predicted octanol–water partition coefficient (Wildman–Crippen LogP) is 3.31. The number of alkyl halides is 2. The van der Waals surface area contributed by atoms with Crippen molar-refractivity contribution in [3.63, 3.8) is 0 Å². The minimum atomic E-state index is -2.76. The van der Waals surface area contributed by atoms with Crippen LogP contribution in [0.3, 0.4) is 0 Å². The fraction of sp³-hybridized carbons (Fsp3) is 0.538. The second-order valence-electron chi connectivity index (χ2n) is 4.43. The van der Waals surface area contributed by atoms with E-state index >= 15 is 0 Å². The Bertz CT molecular complexity index is 318. The number of rotatable bonds is 4. The molecule has 0 bridgehead atoms. The van der Waals surface area contributed by atoms with Crippen LogP contribution in [-0.4, -0.2) is 12.6 Å². The van der Waals surface area contributed by atoms with Crippen molar-refractivity contribution in [2.75, 3.05) is 6.54 Å². The number of nitrogens with one attached hydrogen (secondary N) is 1. The zero-order valence-corrected chi connectivity index (χ0v) is 9.26. The first-order chi connectivity index (χ1) is 7.68. The molecule has 0 heterocycles. The average Bonchev–Trinajstić information content (AvgIpc) is 2.81. The van der Waals surface area contributed by atoms with E-state index in [9.17, 15) is 8.78 Å². The molecule has 0 spiro atoms. The van der Waals surface area contributed by atoms with Gasteiger partial charge in [0.05, 0.1) is 6.54 Å². The Kier molecular flexibility index (Phi) is 3.54. The summed E-state index contributed by atoms with van der Waals surface area (Å²) in [5, 5.41) is 2.97. The lowest BCUT2D eigenvalue weighted by molar-refractivity contribution is -0.00555. The van der Waals surface area contributed by atoms with E-state index in [4.69, 9.17) is 0 Å². The molecule has 0 saturated heterocycles. The Hall–Kier alpha value is -0.960. The molecule has 0 aliphatic heterocycles. The summed E-state index contributed by atoms with van der Waals surface area (Å²) in [5.74, 6) is -2.76. The maximum atomic E-state index is 13.7. The van der Waals surface area contributed by atoms with Gasteiger partial charge < -0.3 is 5.32 Å². The summed E-state index contributed by atoms with van der Waals surface area (Å²) in [6.07, 6.45) is 4.39. The molecule has 1 aliphatic rings. The number of hydrogen-bond donors (Lipinski definition) is 1. The maximum absolute atomic E-state index is 13.7. The van der Waals surface area contributed by atoms with Gasteiger partial charge in [-0.3, -0.25) is 0 Å². The van der Waals surface area contributed by atoms with Crippen molar-refractivity contribution in [1.82, 2.24) is 5.32 Å². The maximum Gasteiger partial charge on any atom is 0.285 e. The molecule has 1 aromatic carbocycles. The molecule has 0 atom stereocenters. The molecule has 3 heteroatoms. The highest BCUT2D eigenvalue weighted by atomic mass is 19.3. The highest BCUT2D eigenvalue weighted by molar-refractivity contribution is 5.20. The molecule has 16 heavy (non-hydrogen) atoms. The van der Waals surface area contributed by atoms with Gasteiger partial charge in [-0.05, 0) is 12.8 Å². The van der Waals surface area contributed by atoms with Crippen molar-refractivity contribution in [2.45, 2.75) is 37.6 Å². The summed E-state index contributed by atoms with van der Waals surface area (Å²) in [7, 11) is 0. The fourth-order valence-electron chi connectivity index (χ4n) is 2.19. The fourth-order valence-corrected chi connectivity index (χ4v) is 2.19. The zero-order chi connectivity index (χ0) is 11.4. The molecule has 0 aromatic heterocycles. The van der Waals surface area contributed by atoms with Crippen molar-refractivity contribution >= 4 is 0 Å². The topological polar surface area (TPSA) is 12.0 Å². The van der Waals surface area contributed by atoms with Gasteiger partial charge in [-0.1, -0.05) is 43.2 Å². The van der Waals surface area contributed by atoms with Crippen LogP contribution in [0.5, 0.6) is 0 Å². The van der Waals surface area contributed by atoms with Crippen LogP contribution < -0.4 is 5.32 Å². The monoisotopic (exact) mass is 225 g/mol. The summed E-state index contributed by atoms with van der Waals surface area (Å²) in [4.78, 5) is 0. The van der Waals surface area contributed by atoms with Crippen LogP contribution >= 0.6 is 0 Å². The van der Waals surface area contributed by atoms with Gasteiger partial charge in [0.15, 0.2) is 0 Å². The zero-order valence-electron chi connectivity index (χ0n) is 9.26. The lowest BCUT2D eigenvalue weighted by Crippen LogP contribution is -2.36. The molecule has 88 valence electrons. The predicted molar refractivity (Wildman–Crippen MR) is 60.6 cm³/mol. The van der Waals surface area contributed by atoms with Gasteiger partial charge in [-0.25, -0.2) is 0 Å². The summed E-state index contributed by atoms with van der Waals surface area (Å²) in [5.41, 5.74) is 0.0977. The van der Waals surface area contributed by atoms with E-state index in [0.717, 1.165) is 25.7 Å². The van der Waals surface area contributed by atoms with Crippen LogP contribution in [0.1, 0.15) is 31.2 Å². The Morgan fingerprint density at radius 3 is 2.38 bits per heavy atom. The molecule has 0 unspecified atom stereocenters. The smallest absolute Gasteiger partial charge is 0.285 e. The van der Waals surface area contributed by atoms with Gasteiger partial charge in [0.2, 0.25) is 0 Å². The Balaban J connectivity index is 1.92. The average molecular weight is 225 g/mol. The third-order valence-electron chi connectivity index (χ3n) is 3.16. The molecular formula is C13H17F2N. The van der Waals surface area contributed by atoms with Gasteiger partial charge in [0, 0.05) is 11.6 Å². The Morgan fingerprint density at radius 1 is 1.12 bits per heavy atom. The van der Waals surface area contributed by atoms with Crippen molar-refractivity contribution in [2.24, 2.45) is 0 Å². The van der Waals surface area contributed by atoms with E-state index in [1.165, 1.54) is 12.1 Å². The first kappa shape index (κ1) is 11.5. The molecule has 1 aromatic rings.